The van der Waals surface area contributed by atoms with Crippen molar-refractivity contribution in [3.8, 4) is 5.75 Å². The molecule has 0 saturated heterocycles. The summed E-state index contributed by atoms with van der Waals surface area (Å²) >= 11 is 0. The predicted molar refractivity (Wildman–Crippen MR) is 132 cm³/mol. The van der Waals surface area contributed by atoms with Gasteiger partial charge in [-0.2, -0.15) is 0 Å². The lowest BCUT2D eigenvalue weighted by Crippen LogP contribution is -2.24. The third kappa shape index (κ3) is 5.05. The van der Waals surface area contributed by atoms with E-state index in [0.29, 0.717) is 34.8 Å². The molecule has 2 unspecified atom stereocenters. The van der Waals surface area contributed by atoms with Crippen molar-refractivity contribution in [2.24, 2.45) is 5.73 Å². The molecule has 0 spiro atoms. The molecular weight excluding hydrogens is 430 g/mol. The number of nitrogens with two attached hydrogens (primary N) is 2. The highest BCUT2D eigenvalue weighted by Gasteiger charge is 2.21. The molecule has 1 heterocycles. The SMILES string of the molecule is COc1ccccc1C(=O)NCc1ccc(C(=N)c2c(N)ncnc2NC2C=CC(N)C2)cc1. The monoisotopic (exact) mass is 457 g/mol. The highest BCUT2D eigenvalue weighted by Crippen LogP contribution is 2.24. The second kappa shape index (κ2) is 10.1. The van der Waals surface area contributed by atoms with E-state index in [-0.39, 0.29) is 29.5 Å². The Morgan fingerprint density at radius 1 is 1.15 bits per heavy atom. The zero-order chi connectivity index (χ0) is 24.1. The largest absolute Gasteiger partial charge is 0.496 e. The maximum atomic E-state index is 12.5. The van der Waals surface area contributed by atoms with Crippen molar-refractivity contribution >= 4 is 23.3 Å². The van der Waals surface area contributed by atoms with Crippen molar-refractivity contribution in [1.82, 2.24) is 15.3 Å². The summed E-state index contributed by atoms with van der Waals surface area (Å²) in [7, 11) is 1.53. The minimum atomic E-state index is -0.222. The van der Waals surface area contributed by atoms with Crippen molar-refractivity contribution in [2.45, 2.75) is 25.0 Å². The fourth-order valence-electron chi connectivity index (χ4n) is 3.81. The standard InChI is InChI=1S/C25H27N7O2/c1-34-20-5-3-2-4-19(20)25(33)29-13-15-6-8-16(9-7-15)22(27)21-23(28)30-14-31-24(21)32-18-11-10-17(26)12-18/h2-11,14,17-18,27H,12-13,26H2,1H3,(H,29,33)(H3,28,30,31,32). The van der Waals surface area contributed by atoms with Gasteiger partial charge in [0.1, 0.15) is 23.7 Å². The van der Waals surface area contributed by atoms with Gasteiger partial charge in [0, 0.05) is 24.2 Å². The number of hydrogen-bond acceptors (Lipinski definition) is 8. The molecule has 2 aromatic carbocycles. The molecule has 3 aromatic rings. The Balaban J connectivity index is 1.45. The molecule has 174 valence electrons. The molecule has 0 saturated carbocycles. The van der Waals surface area contributed by atoms with Gasteiger partial charge in [-0.05, 0) is 24.1 Å². The maximum Gasteiger partial charge on any atom is 0.255 e. The molecule has 1 amide bonds. The normalized spacial score (nSPS) is 16.8. The molecule has 0 fully saturated rings. The Labute approximate surface area is 197 Å². The highest BCUT2D eigenvalue weighted by atomic mass is 16.5. The van der Waals surface area contributed by atoms with Crippen LogP contribution in [0.25, 0.3) is 0 Å². The number of nitrogens with one attached hydrogen (secondary N) is 3. The first kappa shape index (κ1) is 22.9. The Hall–Kier alpha value is -4.24. The minimum Gasteiger partial charge on any atom is -0.496 e. The van der Waals surface area contributed by atoms with E-state index in [2.05, 4.69) is 20.6 Å². The van der Waals surface area contributed by atoms with Crippen LogP contribution in [0.15, 0.2) is 67.0 Å². The molecule has 9 heteroatoms. The molecule has 34 heavy (non-hydrogen) atoms. The number of rotatable bonds is 8. The number of para-hydroxylation sites is 1. The molecule has 9 nitrogen and oxygen atoms in total. The summed E-state index contributed by atoms with van der Waals surface area (Å²) in [6, 6.07) is 14.4. The van der Waals surface area contributed by atoms with Gasteiger partial charge in [-0.3, -0.25) is 10.2 Å². The lowest BCUT2D eigenvalue weighted by Gasteiger charge is -2.17. The van der Waals surface area contributed by atoms with Crippen molar-refractivity contribution in [3.05, 3.63) is 89.3 Å². The average Bonchev–Trinajstić information content (AvgIpc) is 3.27. The first-order chi connectivity index (χ1) is 16.5. The molecule has 0 bridgehead atoms. The Morgan fingerprint density at radius 3 is 2.62 bits per heavy atom. The molecule has 4 rings (SSSR count). The Bertz CT molecular complexity index is 1220. The van der Waals surface area contributed by atoms with Crippen LogP contribution in [0.4, 0.5) is 11.6 Å². The number of amides is 1. The van der Waals surface area contributed by atoms with Crippen molar-refractivity contribution < 1.29 is 9.53 Å². The first-order valence-corrected chi connectivity index (χ1v) is 10.9. The second-order valence-electron chi connectivity index (χ2n) is 7.97. The van der Waals surface area contributed by atoms with Gasteiger partial charge in [-0.1, -0.05) is 48.6 Å². The third-order valence-corrected chi connectivity index (χ3v) is 5.61. The van der Waals surface area contributed by atoms with Crippen molar-refractivity contribution in [3.63, 3.8) is 0 Å². The molecule has 0 aliphatic heterocycles. The van der Waals surface area contributed by atoms with Crippen LogP contribution in [0.5, 0.6) is 5.75 Å². The van der Waals surface area contributed by atoms with Crippen LogP contribution in [-0.4, -0.2) is 40.8 Å². The molecule has 1 aromatic heterocycles. The van der Waals surface area contributed by atoms with Crippen LogP contribution >= 0.6 is 0 Å². The van der Waals surface area contributed by atoms with Crippen LogP contribution in [0.3, 0.4) is 0 Å². The predicted octanol–water partition coefficient (Wildman–Crippen LogP) is 2.48. The number of aromatic nitrogens is 2. The Kier molecular flexibility index (Phi) is 6.84. The average molecular weight is 458 g/mol. The van der Waals surface area contributed by atoms with Crippen molar-refractivity contribution in [1.29, 1.82) is 5.41 Å². The van der Waals surface area contributed by atoms with E-state index in [4.69, 9.17) is 21.6 Å². The zero-order valence-electron chi connectivity index (χ0n) is 18.8. The van der Waals surface area contributed by atoms with E-state index in [9.17, 15) is 4.79 Å². The molecule has 2 atom stereocenters. The summed E-state index contributed by atoms with van der Waals surface area (Å²) in [5, 5.41) is 14.9. The summed E-state index contributed by atoms with van der Waals surface area (Å²) in [4.78, 5) is 20.9. The number of ether oxygens (including phenoxy) is 1. The number of anilines is 2. The van der Waals surface area contributed by atoms with Crippen LogP contribution in [0.1, 0.15) is 33.5 Å². The zero-order valence-corrected chi connectivity index (χ0v) is 18.8. The third-order valence-electron chi connectivity index (χ3n) is 5.61. The van der Waals surface area contributed by atoms with Gasteiger partial charge in [-0.15, -0.1) is 0 Å². The number of carbonyl (C=O) groups excluding carboxylic acids is 1. The Morgan fingerprint density at radius 2 is 1.91 bits per heavy atom. The van der Waals surface area contributed by atoms with Crippen LogP contribution in [0.2, 0.25) is 0 Å². The van der Waals surface area contributed by atoms with E-state index in [1.165, 1.54) is 13.4 Å². The van der Waals surface area contributed by atoms with Crippen LogP contribution in [0, 0.1) is 5.41 Å². The maximum absolute atomic E-state index is 12.5. The molecular formula is C25H27N7O2. The van der Waals surface area contributed by atoms with Crippen molar-refractivity contribution in [2.75, 3.05) is 18.2 Å². The van der Waals surface area contributed by atoms with Gasteiger partial charge in [0.2, 0.25) is 0 Å². The lowest BCUT2D eigenvalue weighted by atomic mass is 10.0. The van der Waals surface area contributed by atoms with E-state index >= 15 is 0 Å². The quantitative estimate of drug-likeness (QED) is 0.257. The van der Waals surface area contributed by atoms with Gasteiger partial charge >= 0.3 is 0 Å². The number of benzene rings is 2. The molecule has 1 aliphatic carbocycles. The number of carbonyl (C=O) groups is 1. The number of nitrogen functional groups attached to an aromatic ring is 1. The lowest BCUT2D eigenvalue weighted by molar-refractivity contribution is 0.0948. The van der Waals surface area contributed by atoms with E-state index < -0.39 is 0 Å². The van der Waals surface area contributed by atoms with Crippen LogP contribution in [-0.2, 0) is 6.54 Å². The summed E-state index contributed by atoms with van der Waals surface area (Å²) in [6.07, 6.45) is 6.05. The number of methoxy groups -OCH3 is 1. The number of nitrogens with zero attached hydrogens (tertiary/aromatic N) is 2. The van der Waals surface area contributed by atoms with Crippen LogP contribution < -0.4 is 26.8 Å². The van der Waals surface area contributed by atoms with Gasteiger partial charge in [0.15, 0.2) is 0 Å². The summed E-state index contributed by atoms with van der Waals surface area (Å²) < 4.78 is 5.25. The number of hydrogen-bond donors (Lipinski definition) is 5. The topological polar surface area (TPSA) is 152 Å². The highest BCUT2D eigenvalue weighted by molar-refractivity contribution is 6.16. The fourth-order valence-corrected chi connectivity index (χ4v) is 3.81. The smallest absolute Gasteiger partial charge is 0.255 e. The van der Waals surface area contributed by atoms with E-state index in [0.717, 1.165) is 12.0 Å². The fraction of sp³-hybridized carbons (Fsp3) is 0.200. The molecule has 1 aliphatic rings. The van der Waals surface area contributed by atoms with E-state index in [1.807, 2.05) is 42.5 Å². The summed E-state index contributed by atoms with van der Waals surface area (Å²) in [6.45, 7) is 0.335. The van der Waals surface area contributed by atoms with Gasteiger partial charge < -0.3 is 26.8 Å². The van der Waals surface area contributed by atoms with Gasteiger partial charge in [-0.25, -0.2) is 9.97 Å². The van der Waals surface area contributed by atoms with E-state index in [1.54, 1.807) is 18.2 Å². The first-order valence-electron chi connectivity index (χ1n) is 10.9. The second-order valence-corrected chi connectivity index (χ2v) is 7.97. The summed E-state index contributed by atoms with van der Waals surface area (Å²) in [5.74, 6) is 1.02. The molecule has 0 radical (unpaired) electrons. The molecule has 7 N–H and O–H groups in total. The van der Waals surface area contributed by atoms with Gasteiger partial charge in [0.25, 0.3) is 5.91 Å². The summed E-state index contributed by atoms with van der Waals surface area (Å²) in [5.41, 5.74) is 14.7. The van der Waals surface area contributed by atoms with Gasteiger partial charge in [0.05, 0.1) is 23.9 Å². The minimum absolute atomic E-state index is 0.00407.